The monoisotopic (exact) mass is 248 g/mol. The number of nitrogens with zero attached hydrogens (tertiary/aromatic N) is 2. The Morgan fingerprint density at radius 2 is 2.22 bits per heavy atom. The fraction of sp³-hybridized carbons (Fsp3) is 0.538. The van der Waals surface area contributed by atoms with Gasteiger partial charge in [0.05, 0.1) is 17.9 Å². The summed E-state index contributed by atoms with van der Waals surface area (Å²) in [6, 6.07) is 2.13. The molecule has 5 nitrogen and oxygen atoms in total. The number of aromatic nitrogens is 1. The molecule has 0 aliphatic carbocycles. The third kappa shape index (κ3) is 1.66. The molecule has 2 aliphatic heterocycles. The zero-order chi connectivity index (χ0) is 12.8. The topological polar surface area (TPSA) is 62.7 Å². The maximum atomic E-state index is 10.9. The van der Waals surface area contributed by atoms with Gasteiger partial charge in [-0.25, -0.2) is 4.79 Å². The van der Waals surface area contributed by atoms with Gasteiger partial charge in [0, 0.05) is 24.8 Å². The Kier molecular flexibility index (Phi) is 2.52. The molecular formula is C13H16N2O3. The Morgan fingerprint density at radius 3 is 2.89 bits per heavy atom. The van der Waals surface area contributed by atoms with E-state index in [0.29, 0.717) is 19.7 Å². The normalized spacial score (nSPS) is 21.1. The summed E-state index contributed by atoms with van der Waals surface area (Å²) in [5.74, 6) is 0. The number of ether oxygens (including phenoxy) is 1. The Balaban J connectivity index is 1.88. The molecule has 1 fully saturated rings. The number of aryl methyl sites for hydroxylation is 1. The van der Waals surface area contributed by atoms with E-state index in [1.54, 1.807) is 0 Å². The molecule has 2 aliphatic rings. The second kappa shape index (κ2) is 3.95. The first kappa shape index (κ1) is 11.5. The van der Waals surface area contributed by atoms with Crippen LogP contribution in [0.25, 0.3) is 0 Å². The van der Waals surface area contributed by atoms with Crippen molar-refractivity contribution in [2.75, 3.05) is 13.1 Å². The van der Waals surface area contributed by atoms with Crippen LogP contribution in [0, 0.1) is 6.92 Å². The van der Waals surface area contributed by atoms with Crippen LogP contribution in [0.2, 0.25) is 0 Å². The molecule has 1 N–H and O–H groups in total. The standard InChI is InChI=1S/C13H16N2O3/c1-9-6-10-11(14-7-9)8-18-13(10)2-4-15(5-3-13)12(16)17/h6-7H,2-5,8H2,1H3,(H,16,17). The summed E-state index contributed by atoms with van der Waals surface area (Å²) in [6.45, 7) is 3.62. The largest absolute Gasteiger partial charge is 0.465 e. The van der Waals surface area contributed by atoms with E-state index in [2.05, 4.69) is 11.1 Å². The van der Waals surface area contributed by atoms with Crippen molar-refractivity contribution in [3.8, 4) is 0 Å². The Labute approximate surface area is 105 Å². The highest BCUT2D eigenvalue weighted by Gasteiger charge is 2.44. The van der Waals surface area contributed by atoms with Gasteiger partial charge >= 0.3 is 6.09 Å². The third-order valence-corrected chi connectivity index (χ3v) is 3.92. The van der Waals surface area contributed by atoms with Crippen molar-refractivity contribution >= 4 is 6.09 Å². The lowest BCUT2D eigenvalue weighted by atomic mass is 9.84. The van der Waals surface area contributed by atoms with E-state index in [4.69, 9.17) is 9.84 Å². The summed E-state index contributed by atoms with van der Waals surface area (Å²) in [6.07, 6.45) is 2.45. The lowest BCUT2D eigenvalue weighted by molar-refractivity contribution is -0.0752. The van der Waals surface area contributed by atoms with E-state index < -0.39 is 6.09 Å². The minimum Gasteiger partial charge on any atom is -0.465 e. The molecule has 3 heterocycles. The number of hydrogen-bond donors (Lipinski definition) is 1. The van der Waals surface area contributed by atoms with E-state index >= 15 is 0 Å². The first-order valence-corrected chi connectivity index (χ1v) is 6.19. The molecule has 1 aromatic rings. The van der Waals surface area contributed by atoms with Crippen LogP contribution in [-0.4, -0.2) is 34.2 Å². The molecule has 0 unspecified atom stereocenters. The molecule has 0 radical (unpaired) electrons. The maximum absolute atomic E-state index is 10.9. The molecule has 3 rings (SSSR count). The number of likely N-dealkylation sites (tertiary alicyclic amines) is 1. The van der Waals surface area contributed by atoms with Gasteiger partial charge in [-0.1, -0.05) is 0 Å². The molecule has 0 atom stereocenters. The van der Waals surface area contributed by atoms with Crippen molar-refractivity contribution < 1.29 is 14.6 Å². The predicted molar refractivity (Wildman–Crippen MR) is 64.3 cm³/mol. The van der Waals surface area contributed by atoms with Crippen LogP contribution >= 0.6 is 0 Å². The van der Waals surface area contributed by atoms with Crippen molar-refractivity contribution in [1.82, 2.24) is 9.88 Å². The van der Waals surface area contributed by atoms with Crippen molar-refractivity contribution in [2.45, 2.75) is 32.0 Å². The second-order valence-corrected chi connectivity index (χ2v) is 5.06. The molecule has 1 aromatic heterocycles. The van der Waals surface area contributed by atoms with Gasteiger partial charge in [0.15, 0.2) is 0 Å². The Morgan fingerprint density at radius 1 is 1.50 bits per heavy atom. The van der Waals surface area contributed by atoms with E-state index in [1.165, 1.54) is 4.90 Å². The molecule has 1 amide bonds. The van der Waals surface area contributed by atoms with Crippen LogP contribution in [0.15, 0.2) is 12.3 Å². The van der Waals surface area contributed by atoms with Crippen LogP contribution < -0.4 is 0 Å². The molecule has 1 saturated heterocycles. The van der Waals surface area contributed by atoms with Crippen LogP contribution in [0.3, 0.4) is 0 Å². The van der Waals surface area contributed by atoms with E-state index in [0.717, 1.165) is 29.7 Å². The highest BCUT2D eigenvalue weighted by molar-refractivity contribution is 5.65. The van der Waals surface area contributed by atoms with Gasteiger partial charge in [0.1, 0.15) is 0 Å². The predicted octanol–water partition coefficient (Wildman–Crippen LogP) is 1.89. The molecule has 0 saturated carbocycles. The Hall–Kier alpha value is -1.62. The summed E-state index contributed by atoms with van der Waals surface area (Å²) in [7, 11) is 0. The highest BCUT2D eigenvalue weighted by Crippen LogP contribution is 2.43. The average Bonchev–Trinajstić information content (AvgIpc) is 2.69. The maximum Gasteiger partial charge on any atom is 0.407 e. The fourth-order valence-electron chi connectivity index (χ4n) is 2.86. The van der Waals surface area contributed by atoms with Crippen LogP contribution in [0.5, 0.6) is 0 Å². The van der Waals surface area contributed by atoms with Crippen molar-refractivity contribution in [3.63, 3.8) is 0 Å². The number of carbonyl (C=O) groups is 1. The second-order valence-electron chi connectivity index (χ2n) is 5.06. The lowest BCUT2D eigenvalue weighted by Gasteiger charge is -2.37. The summed E-state index contributed by atoms with van der Waals surface area (Å²) < 4.78 is 5.95. The van der Waals surface area contributed by atoms with Gasteiger partial charge in [-0.15, -0.1) is 0 Å². The quantitative estimate of drug-likeness (QED) is 0.761. The van der Waals surface area contributed by atoms with Crippen molar-refractivity contribution in [1.29, 1.82) is 0 Å². The number of carboxylic acid groups (broad SMARTS) is 1. The van der Waals surface area contributed by atoms with Gasteiger partial charge in [-0.05, 0) is 31.4 Å². The van der Waals surface area contributed by atoms with Crippen molar-refractivity contribution in [3.05, 3.63) is 29.1 Å². The van der Waals surface area contributed by atoms with E-state index in [1.807, 2.05) is 13.1 Å². The SMILES string of the molecule is Cc1cnc2c(c1)C1(CCN(C(=O)O)CC1)OC2. The highest BCUT2D eigenvalue weighted by atomic mass is 16.5. The van der Waals surface area contributed by atoms with Gasteiger partial charge < -0.3 is 14.7 Å². The van der Waals surface area contributed by atoms with E-state index in [9.17, 15) is 4.79 Å². The first-order chi connectivity index (χ1) is 8.61. The molecule has 96 valence electrons. The molecule has 5 heteroatoms. The summed E-state index contributed by atoms with van der Waals surface area (Å²) in [4.78, 5) is 16.8. The smallest absolute Gasteiger partial charge is 0.407 e. The van der Waals surface area contributed by atoms with Gasteiger partial charge in [0.25, 0.3) is 0 Å². The first-order valence-electron chi connectivity index (χ1n) is 6.19. The summed E-state index contributed by atoms with van der Waals surface area (Å²) >= 11 is 0. The number of amides is 1. The van der Waals surface area contributed by atoms with E-state index in [-0.39, 0.29) is 5.60 Å². The molecule has 1 spiro atoms. The molecule has 0 bridgehead atoms. The minimum absolute atomic E-state index is 0.305. The van der Waals surface area contributed by atoms with Crippen molar-refractivity contribution in [2.24, 2.45) is 0 Å². The van der Waals surface area contributed by atoms with Gasteiger partial charge in [0.2, 0.25) is 0 Å². The third-order valence-electron chi connectivity index (χ3n) is 3.92. The van der Waals surface area contributed by atoms with Gasteiger partial charge in [-0.3, -0.25) is 4.98 Å². The van der Waals surface area contributed by atoms with Crippen LogP contribution in [0.1, 0.15) is 29.7 Å². The summed E-state index contributed by atoms with van der Waals surface area (Å²) in [5, 5.41) is 8.98. The molecule has 18 heavy (non-hydrogen) atoms. The molecular weight excluding hydrogens is 232 g/mol. The number of hydrogen-bond acceptors (Lipinski definition) is 3. The number of pyridine rings is 1. The fourth-order valence-corrected chi connectivity index (χ4v) is 2.86. The Bertz CT molecular complexity index is 493. The van der Waals surface area contributed by atoms with Gasteiger partial charge in [-0.2, -0.15) is 0 Å². The zero-order valence-corrected chi connectivity index (χ0v) is 10.3. The minimum atomic E-state index is -0.842. The number of rotatable bonds is 0. The average molecular weight is 248 g/mol. The zero-order valence-electron chi connectivity index (χ0n) is 10.3. The van der Waals surface area contributed by atoms with Crippen LogP contribution in [-0.2, 0) is 16.9 Å². The number of fused-ring (bicyclic) bond motifs is 2. The molecule has 0 aromatic carbocycles. The number of piperidine rings is 1. The van der Waals surface area contributed by atoms with Crippen LogP contribution in [0.4, 0.5) is 4.79 Å². The lowest BCUT2D eigenvalue weighted by Crippen LogP contribution is -2.44. The summed E-state index contributed by atoms with van der Waals surface area (Å²) in [5.41, 5.74) is 2.98.